The summed E-state index contributed by atoms with van der Waals surface area (Å²) in [6.07, 6.45) is 3.94. The maximum Gasteiger partial charge on any atom is 0.184 e. The summed E-state index contributed by atoms with van der Waals surface area (Å²) in [6.45, 7) is 1.95. The van der Waals surface area contributed by atoms with Crippen LogP contribution in [0.3, 0.4) is 0 Å². The predicted molar refractivity (Wildman–Crippen MR) is 32.3 cm³/mol. The van der Waals surface area contributed by atoms with Crippen molar-refractivity contribution in [3.63, 3.8) is 0 Å². The summed E-state index contributed by atoms with van der Waals surface area (Å²) in [7, 11) is 0. The van der Waals surface area contributed by atoms with Crippen LogP contribution in [0, 0.1) is 0 Å². The van der Waals surface area contributed by atoms with E-state index in [1.165, 1.54) is 0 Å². The Bertz CT molecular complexity index is 117. The van der Waals surface area contributed by atoms with Crippen LogP contribution in [0.1, 0.15) is 6.92 Å². The zero-order chi connectivity index (χ0) is 5.28. The fourth-order valence-electron chi connectivity index (χ4n) is 0.476. The van der Waals surface area contributed by atoms with E-state index in [9.17, 15) is 0 Å². The summed E-state index contributed by atoms with van der Waals surface area (Å²) in [4.78, 5) is 0. The van der Waals surface area contributed by atoms with E-state index >= 15 is 0 Å². The molecule has 1 unspecified atom stereocenters. The Balaban J connectivity index is 2.58. The van der Waals surface area contributed by atoms with Gasteiger partial charge in [0, 0.05) is 0 Å². The second kappa shape index (κ2) is 1.62. The number of ether oxygens (including phenoxy) is 1. The highest BCUT2D eigenvalue weighted by molar-refractivity contribution is 7.80. The lowest BCUT2D eigenvalue weighted by atomic mass is 10.4. The number of hydrogen-bond acceptors (Lipinski definition) is 2. The van der Waals surface area contributed by atoms with Crippen LogP contribution in [0.15, 0.2) is 12.2 Å². The van der Waals surface area contributed by atoms with Crippen molar-refractivity contribution in [3.8, 4) is 0 Å². The largest absolute Gasteiger partial charge is 0.476 e. The zero-order valence-corrected chi connectivity index (χ0v) is 4.87. The van der Waals surface area contributed by atoms with Crippen LogP contribution in [0.5, 0.6) is 0 Å². The molecule has 0 spiro atoms. The van der Waals surface area contributed by atoms with E-state index in [1.54, 1.807) is 6.08 Å². The van der Waals surface area contributed by atoms with Gasteiger partial charge in [0.15, 0.2) is 5.05 Å². The summed E-state index contributed by atoms with van der Waals surface area (Å²) >= 11 is 4.69. The minimum absolute atomic E-state index is 0.201. The molecule has 7 heavy (non-hydrogen) atoms. The molecule has 0 aromatic heterocycles. The standard InChI is InChI=1S/C5H6OS/c1-4-2-3-5(7)6-4/h2-4H,1H3. The van der Waals surface area contributed by atoms with Crippen molar-refractivity contribution in [2.75, 3.05) is 0 Å². The van der Waals surface area contributed by atoms with Gasteiger partial charge in [-0.15, -0.1) is 0 Å². The minimum Gasteiger partial charge on any atom is -0.476 e. The first-order valence-electron chi connectivity index (χ1n) is 2.18. The van der Waals surface area contributed by atoms with Crippen molar-refractivity contribution in [1.82, 2.24) is 0 Å². The molecule has 0 amide bonds. The third kappa shape index (κ3) is 0.996. The molecule has 0 radical (unpaired) electrons. The highest BCUT2D eigenvalue weighted by Gasteiger charge is 2.05. The lowest BCUT2D eigenvalue weighted by Crippen LogP contribution is -1.98. The molecule has 0 aliphatic carbocycles. The Labute approximate surface area is 48.0 Å². The van der Waals surface area contributed by atoms with Gasteiger partial charge in [-0.3, -0.25) is 0 Å². The van der Waals surface area contributed by atoms with Crippen LogP contribution < -0.4 is 0 Å². The first-order valence-corrected chi connectivity index (χ1v) is 2.58. The van der Waals surface area contributed by atoms with Crippen molar-refractivity contribution in [1.29, 1.82) is 0 Å². The third-order valence-electron chi connectivity index (χ3n) is 0.805. The summed E-state index contributed by atoms with van der Waals surface area (Å²) in [5.41, 5.74) is 0. The second-order valence-electron chi connectivity index (χ2n) is 1.50. The molecular weight excluding hydrogens is 108 g/mol. The van der Waals surface area contributed by atoms with Gasteiger partial charge in [-0.05, 0) is 31.3 Å². The molecule has 0 saturated carbocycles. The third-order valence-corrected chi connectivity index (χ3v) is 1.04. The summed E-state index contributed by atoms with van der Waals surface area (Å²) in [6, 6.07) is 0. The van der Waals surface area contributed by atoms with Crippen LogP contribution in [0.2, 0.25) is 0 Å². The Morgan fingerprint density at radius 1 is 1.86 bits per heavy atom. The molecule has 0 N–H and O–H groups in total. The van der Waals surface area contributed by atoms with E-state index in [0.717, 1.165) is 0 Å². The van der Waals surface area contributed by atoms with Crippen molar-refractivity contribution in [2.24, 2.45) is 0 Å². The number of hydrogen-bond donors (Lipinski definition) is 0. The molecule has 1 nitrogen and oxygen atoms in total. The quantitative estimate of drug-likeness (QED) is 0.439. The summed E-state index contributed by atoms with van der Waals surface area (Å²) < 4.78 is 4.98. The molecule has 1 aliphatic rings. The topological polar surface area (TPSA) is 9.23 Å². The Kier molecular flexibility index (Phi) is 1.11. The first kappa shape index (κ1) is 4.78. The van der Waals surface area contributed by atoms with Crippen LogP contribution >= 0.6 is 12.2 Å². The average molecular weight is 114 g/mol. The summed E-state index contributed by atoms with van der Waals surface area (Å²) in [5, 5.41) is 0.604. The van der Waals surface area contributed by atoms with Gasteiger partial charge in [-0.25, -0.2) is 0 Å². The predicted octanol–water partition coefficient (Wildman–Crippen LogP) is 1.29. The van der Waals surface area contributed by atoms with Gasteiger partial charge in [-0.1, -0.05) is 0 Å². The lowest BCUT2D eigenvalue weighted by Gasteiger charge is -1.97. The van der Waals surface area contributed by atoms with Gasteiger partial charge in [0.1, 0.15) is 6.10 Å². The van der Waals surface area contributed by atoms with E-state index in [0.29, 0.717) is 5.05 Å². The van der Waals surface area contributed by atoms with Crippen LogP contribution in [0.4, 0.5) is 0 Å². The zero-order valence-electron chi connectivity index (χ0n) is 4.05. The molecule has 1 atom stereocenters. The van der Waals surface area contributed by atoms with Gasteiger partial charge >= 0.3 is 0 Å². The first-order chi connectivity index (χ1) is 3.29. The molecule has 1 rings (SSSR count). The van der Waals surface area contributed by atoms with Gasteiger partial charge in [0.2, 0.25) is 0 Å². The molecule has 0 aromatic carbocycles. The highest BCUT2D eigenvalue weighted by Crippen LogP contribution is 2.03. The molecule has 0 bridgehead atoms. The van der Waals surface area contributed by atoms with Crippen LogP contribution in [-0.2, 0) is 4.74 Å². The molecule has 1 aliphatic heterocycles. The molecule has 0 fully saturated rings. The maximum atomic E-state index is 4.98. The fraction of sp³-hybridized carbons (Fsp3) is 0.400. The Morgan fingerprint density at radius 3 is 2.71 bits per heavy atom. The van der Waals surface area contributed by atoms with Crippen LogP contribution in [0.25, 0.3) is 0 Å². The van der Waals surface area contributed by atoms with E-state index in [1.807, 2.05) is 13.0 Å². The Morgan fingerprint density at radius 2 is 2.57 bits per heavy atom. The SMILES string of the molecule is CC1C=CC(=S)O1. The molecule has 1 heterocycles. The smallest absolute Gasteiger partial charge is 0.184 e. The van der Waals surface area contributed by atoms with Gasteiger partial charge < -0.3 is 4.74 Å². The number of rotatable bonds is 0. The van der Waals surface area contributed by atoms with E-state index in [4.69, 9.17) is 4.74 Å². The number of thiocarbonyl (C=S) groups is 1. The van der Waals surface area contributed by atoms with Gasteiger partial charge in [-0.2, -0.15) is 0 Å². The Hall–Kier alpha value is -0.370. The second-order valence-corrected chi connectivity index (χ2v) is 1.90. The average Bonchev–Trinajstić information content (AvgIpc) is 1.87. The maximum absolute atomic E-state index is 4.98. The summed E-state index contributed by atoms with van der Waals surface area (Å²) in [5.74, 6) is 0. The minimum atomic E-state index is 0.201. The van der Waals surface area contributed by atoms with Crippen LogP contribution in [-0.4, -0.2) is 11.2 Å². The molecule has 0 saturated heterocycles. The van der Waals surface area contributed by atoms with Gasteiger partial charge in [0.25, 0.3) is 0 Å². The highest BCUT2D eigenvalue weighted by atomic mass is 32.1. The normalized spacial score (nSPS) is 28.1. The lowest BCUT2D eigenvalue weighted by molar-refractivity contribution is 0.279. The van der Waals surface area contributed by atoms with E-state index in [2.05, 4.69) is 12.2 Å². The fourth-order valence-corrected chi connectivity index (χ4v) is 0.706. The molecular formula is C5H6OS. The van der Waals surface area contributed by atoms with Gasteiger partial charge in [0.05, 0.1) is 0 Å². The molecule has 2 heteroatoms. The monoisotopic (exact) mass is 114 g/mol. The van der Waals surface area contributed by atoms with E-state index in [-0.39, 0.29) is 6.10 Å². The van der Waals surface area contributed by atoms with E-state index < -0.39 is 0 Å². The van der Waals surface area contributed by atoms with Crippen molar-refractivity contribution >= 4 is 17.3 Å². The van der Waals surface area contributed by atoms with Crippen molar-refractivity contribution < 1.29 is 4.74 Å². The molecule has 0 aromatic rings. The van der Waals surface area contributed by atoms with Crippen molar-refractivity contribution in [2.45, 2.75) is 13.0 Å². The molecule has 38 valence electrons. The van der Waals surface area contributed by atoms with Crippen molar-refractivity contribution in [3.05, 3.63) is 12.2 Å².